The van der Waals surface area contributed by atoms with Crippen molar-refractivity contribution in [2.75, 3.05) is 49.6 Å². The molecule has 0 spiro atoms. The fourth-order valence-electron chi connectivity index (χ4n) is 4.30. The van der Waals surface area contributed by atoms with Crippen LogP contribution in [0.3, 0.4) is 0 Å². The summed E-state index contributed by atoms with van der Waals surface area (Å²) in [7, 11) is 1.66. The quantitative estimate of drug-likeness (QED) is 0.719. The highest BCUT2D eigenvalue weighted by atomic mass is 16.5. The number of benzene rings is 2. The van der Waals surface area contributed by atoms with Crippen molar-refractivity contribution in [1.29, 1.82) is 0 Å². The Morgan fingerprint density at radius 2 is 1.69 bits per heavy atom. The highest BCUT2D eigenvalue weighted by Crippen LogP contribution is 2.34. The average molecular weight is 438 g/mol. The average Bonchev–Trinajstić information content (AvgIpc) is 2.82. The second-order valence-corrected chi connectivity index (χ2v) is 8.47. The minimum atomic E-state index is -0.0733. The van der Waals surface area contributed by atoms with Gasteiger partial charge in [-0.05, 0) is 55.8 Å². The van der Waals surface area contributed by atoms with Crippen LogP contribution in [0.15, 0.2) is 42.5 Å². The van der Waals surface area contributed by atoms with Crippen LogP contribution < -0.4 is 19.3 Å². The van der Waals surface area contributed by atoms with Gasteiger partial charge in [0.2, 0.25) is 11.8 Å². The SMILES string of the molecule is COc1ccc(N2CCN(C(=O)CCC(=O)N3C[C@H](C)Oc4ccc(C)cc43)CC2)cc1. The number of ether oxygens (including phenoxy) is 2. The molecular weight excluding hydrogens is 406 g/mol. The van der Waals surface area contributed by atoms with Crippen LogP contribution in [0.1, 0.15) is 25.3 Å². The van der Waals surface area contributed by atoms with Gasteiger partial charge in [0.15, 0.2) is 0 Å². The van der Waals surface area contributed by atoms with Crippen molar-refractivity contribution in [1.82, 2.24) is 4.90 Å². The van der Waals surface area contributed by atoms with Crippen LogP contribution in [-0.2, 0) is 9.59 Å². The smallest absolute Gasteiger partial charge is 0.227 e. The second-order valence-electron chi connectivity index (χ2n) is 8.47. The van der Waals surface area contributed by atoms with E-state index in [1.807, 2.05) is 61.2 Å². The number of carbonyl (C=O) groups is 2. The number of nitrogens with zero attached hydrogens (tertiary/aromatic N) is 3. The first-order valence-electron chi connectivity index (χ1n) is 11.2. The molecule has 2 aromatic carbocycles. The third-order valence-corrected chi connectivity index (χ3v) is 6.10. The summed E-state index contributed by atoms with van der Waals surface area (Å²) in [5.74, 6) is 1.57. The van der Waals surface area contributed by atoms with Crippen LogP contribution >= 0.6 is 0 Å². The molecule has 0 radical (unpaired) electrons. The molecule has 0 N–H and O–H groups in total. The van der Waals surface area contributed by atoms with Crippen LogP contribution in [-0.4, -0.2) is 62.7 Å². The van der Waals surface area contributed by atoms with Gasteiger partial charge in [0.25, 0.3) is 0 Å². The Bertz CT molecular complexity index is 968. The fourth-order valence-corrected chi connectivity index (χ4v) is 4.30. The molecule has 170 valence electrons. The Morgan fingerprint density at radius 3 is 2.38 bits per heavy atom. The third-order valence-electron chi connectivity index (χ3n) is 6.10. The van der Waals surface area contributed by atoms with E-state index >= 15 is 0 Å². The van der Waals surface area contributed by atoms with Gasteiger partial charge in [-0.1, -0.05) is 6.07 Å². The lowest BCUT2D eigenvalue weighted by Gasteiger charge is -2.36. The Hall–Kier alpha value is -3.22. The van der Waals surface area contributed by atoms with Gasteiger partial charge in [0.1, 0.15) is 17.6 Å². The number of hydrogen-bond acceptors (Lipinski definition) is 5. The van der Waals surface area contributed by atoms with Crippen LogP contribution in [0.5, 0.6) is 11.5 Å². The van der Waals surface area contributed by atoms with Crippen molar-refractivity contribution in [3.63, 3.8) is 0 Å². The van der Waals surface area contributed by atoms with Crippen LogP contribution in [0.2, 0.25) is 0 Å². The van der Waals surface area contributed by atoms with Crippen molar-refractivity contribution in [2.24, 2.45) is 0 Å². The summed E-state index contributed by atoms with van der Waals surface area (Å²) in [5.41, 5.74) is 3.00. The van der Waals surface area contributed by atoms with Crippen molar-refractivity contribution < 1.29 is 19.1 Å². The summed E-state index contributed by atoms with van der Waals surface area (Å²) in [4.78, 5) is 31.7. The molecule has 0 aromatic heterocycles. The van der Waals surface area contributed by atoms with E-state index in [1.165, 1.54) is 0 Å². The molecule has 1 saturated heterocycles. The number of anilines is 2. The van der Waals surface area contributed by atoms with Crippen LogP contribution in [0.25, 0.3) is 0 Å². The molecular formula is C25H31N3O4. The molecule has 0 bridgehead atoms. The number of piperazine rings is 1. The standard InChI is InChI=1S/C25H31N3O4/c1-18-4-9-23-22(16-18)28(17-19(2)32-23)25(30)11-10-24(29)27-14-12-26(13-15-27)20-5-7-21(31-3)8-6-20/h4-9,16,19H,10-15,17H2,1-3H3/t19-/m0/s1. The van der Waals surface area contributed by atoms with Crippen LogP contribution in [0.4, 0.5) is 11.4 Å². The predicted molar refractivity (Wildman–Crippen MR) is 125 cm³/mol. The maximum atomic E-state index is 13.0. The van der Waals surface area contributed by atoms with E-state index < -0.39 is 0 Å². The molecule has 7 heteroatoms. The molecule has 2 aromatic rings. The van der Waals surface area contributed by atoms with E-state index in [2.05, 4.69) is 4.90 Å². The summed E-state index contributed by atoms with van der Waals surface area (Å²) in [6.07, 6.45) is 0.363. The maximum Gasteiger partial charge on any atom is 0.227 e. The molecule has 0 unspecified atom stereocenters. The topological polar surface area (TPSA) is 62.3 Å². The van der Waals surface area contributed by atoms with Crippen molar-refractivity contribution in [2.45, 2.75) is 32.8 Å². The van der Waals surface area contributed by atoms with Gasteiger partial charge in [0, 0.05) is 44.7 Å². The Kier molecular flexibility index (Phi) is 6.53. The molecule has 0 aliphatic carbocycles. The first kappa shape index (κ1) is 22.0. The molecule has 0 saturated carbocycles. The summed E-state index contributed by atoms with van der Waals surface area (Å²) in [5, 5.41) is 0. The van der Waals surface area contributed by atoms with E-state index in [0.29, 0.717) is 19.6 Å². The van der Waals surface area contributed by atoms with Gasteiger partial charge in [-0.2, -0.15) is 0 Å². The summed E-state index contributed by atoms with van der Waals surface area (Å²) >= 11 is 0. The van der Waals surface area contributed by atoms with Gasteiger partial charge >= 0.3 is 0 Å². The van der Waals surface area contributed by atoms with E-state index in [-0.39, 0.29) is 30.8 Å². The molecule has 2 heterocycles. The number of carbonyl (C=O) groups excluding carboxylic acids is 2. The van der Waals surface area contributed by atoms with Crippen molar-refractivity contribution in [3.8, 4) is 11.5 Å². The Labute approximate surface area is 189 Å². The fraction of sp³-hybridized carbons (Fsp3) is 0.440. The minimum absolute atomic E-state index is 0.0304. The lowest BCUT2D eigenvalue weighted by molar-refractivity contribution is -0.133. The number of fused-ring (bicyclic) bond motifs is 1. The lowest BCUT2D eigenvalue weighted by atomic mass is 10.1. The highest BCUT2D eigenvalue weighted by molar-refractivity contribution is 5.97. The van der Waals surface area contributed by atoms with Crippen LogP contribution in [0, 0.1) is 6.92 Å². The molecule has 7 nitrogen and oxygen atoms in total. The predicted octanol–water partition coefficient (Wildman–Crippen LogP) is 3.25. The number of aryl methyl sites for hydroxylation is 1. The Morgan fingerprint density at radius 1 is 1.00 bits per heavy atom. The van der Waals surface area contributed by atoms with E-state index in [9.17, 15) is 9.59 Å². The first-order chi connectivity index (χ1) is 15.4. The zero-order valence-electron chi connectivity index (χ0n) is 19.0. The highest BCUT2D eigenvalue weighted by Gasteiger charge is 2.29. The molecule has 2 amide bonds. The largest absolute Gasteiger partial charge is 0.497 e. The zero-order valence-corrected chi connectivity index (χ0v) is 19.0. The number of rotatable bonds is 5. The molecule has 1 atom stereocenters. The van der Waals surface area contributed by atoms with E-state index in [1.54, 1.807) is 12.0 Å². The Balaban J connectivity index is 1.30. The summed E-state index contributed by atoms with van der Waals surface area (Å²) in [6, 6.07) is 13.8. The molecule has 32 heavy (non-hydrogen) atoms. The monoisotopic (exact) mass is 437 g/mol. The first-order valence-corrected chi connectivity index (χ1v) is 11.2. The zero-order chi connectivity index (χ0) is 22.7. The molecule has 2 aliphatic heterocycles. The van der Waals surface area contributed by atoms with Gasteiger partial charge in [-0.3, -0.25) is 9.59 Å². The number of amides is 2. The number of methoxy groups -OCH3 is 1. The van der Waals surface area contributed by atoms with Crippen molar-refractivity contribution in [3.05, 3.63) is 48.0 Å². The molecule has 2 aliphatic rings. The maximum absolute atomic E-state index is 13.0. The van der Waals surface area contributed by atoms with Crippen molar-refractivity contribution >= 4 is 23.2 Å². The van der Waals surface area contributed by atoms with Gasteiger partial charge < -0.3 is 24.2 Å². The molecule has 4 rings (SSSR count). The van der Waals surface area contributed by atoms with Gasteiger partial charge in [-0.15, -0.1) is 0 Å². The normalized spacial score (nSPS) is 18.1. The summed E-state index contributed by atoms with van der Waals surface area (Å²) < 4.78 is 11.1. The van der Waals surface area contributed by atoms with E-state index in [0.717, 1.165) is 41.5 Å². The molecule has 1 fully saturated rings. The van der Waals surface area contributed by atoms with E-state index in [4.69, 9.17) is 9.47 Å². The van der Waals surface area contributed by atoms with Gasteiger partial charge in [0.05, 0.1) is 19.3 Å². The number of hydrogen-bond donors (Lipinski definition) is 0. The third kappa shape index (κ3) is 4.82. The lowest BCUT2D eigenvalue weighted by Crippen LogP contribution is -2.49. The second kappa shape index (κ2) is 9.51. The minimum Gasteiger partial charge on any atom is -0.497 e. The summed E-state index contributed by atoms with van der Waals surface area (Å²) in [6.45, 7) is 7.33. The van der Waals surface area contributed by atoms with Gasteiger partial charge in [-0.25, -0.2) is 0 Å².